The standard InChI is InChI=1S/C27H33N5O/c1-19(2)17-32(18-20(3)4)26-25(30-23-12-8-9-13-24(23)31-26)22(16-28)27(33)29-15-14-21-10-6-5-7-11-21/h5-13,19-20,22H,14-15,17-18H2,1-4H3,(H,29,33)/t22-/m1/s1. The van der Waals surface area contributed by atoms with Crippen LogP contribution in [-0.2, 0) is 11.2 Å². The van der Waals surface area contributed by atoms with E-state index in [4.69, 9.17) is 9.97 Å². The van der Waals surface area contributed by atoms with E-state index in [1.807, 2.05) is 54.6 Å². The Kier molecular flexibility index (Phi) is 8.37. The molecule has 0 spiro atoms. The molecule has 6 nitrogen and oxygen atoms in total. The fraction of sp³-hybridized carbons (Fsp3) is 0.407. The Labute approximate surface area is 196 Å². The Morgan fingerprint density at radius 2 is 1.52 bits per heavy atom. The van der Waals surface area contributed by atoms with E-state index in [-0.39, 0.29) is 5.91 Å². The number of nitrogens with zero attached hydrogens (tertiary/aromatic N) is 4. The predicted octanol–water partition coefficient (Wildman–Crippen LogP) is 4.71. The van der Waals surface area contributed by atoms with Crippen LogP contribution >= 0.6 is 0 Å². The fourth-order valence-electron chi connectivity index (χ4n) is 3.88. The Morgan fingerprint density at radius 1 is 0.939 bits per heavy atom. The van der Waals surface area contributed by atoms with Gasteiger partial charge in [0, 0.05) is 19.6 Å². The summed E-state index contributed by atoms with van der Waals surface area (Å²) in [6, 6.07) is 19.8. The molecular formula is C27H33N5O. The second-order valence-corrected chi connectivity index (χ2v) is 9.20. The molecule has 0 aliphatic rings. The van der Waals surface area contributed by atoms with Crippen LogP contribution in [0.3, 0.4) is 0 Å². The number of hydrogen-bond acceptors (Lipinski definition) is 5. The Hall–Kier alpha value is -3.46. The number of hydrogen-bond donors (Lipinski definition) is 1. The van der Waals surface area contributed by atoms with E-state index in [2.05, 4.69) is 44.0 Å². The normalized spacial score (nSPS) is 12.0. The van der Waals surface area contributed by atoms with E-state index < -0.39 is 5.92 Å². The molecule has 0 fully saturated rings. The van der Waals surface area contributed by atoms with Gasteiger partial charge < -0.3 is 10.2 Å². The quantitative estimate of drug-likeness (QED) is 0.490. The number of carbonyl (C=O) groups is 1. The topological polar surface area (TPSA) is 81.9 Å². The maximum atomic E-state index is 13.1. The van der Waals surface area contributed by atoms with Crippen LogP contribution in [-0.4, -0.2) is 35.5 Å². The minimum Gasteiger partial charge on any atom is -0.355 e. The highest BCUT2D eigenvalue weighted by Crippen LogP contribution is 2.28. The first-order valence-electron chi connectivity index (χ1n) is 11.6. The molecule has 0 aliphatic heterocycles. The van der Waals surface area contributed by atoms with E-state index in [0.29, 0.717) is 41.8 Å². The van der Waals surface area contributed by atoms with Gasteiger partial charge in [-0.2, -0.15) is 5.26 Å². The van der Waals surface area contributed by atoms with Crippen molar-refractivity contribution in [3.63, 3.8) is 0 Å². The van der Waals surface area contributed by atoms with E-state index in [9.17, 15) is 10.1 Å². The number of anilines is 1. The zero-order valence-electron chi connectivity index (χ0n) is 20.0. The van der Waals surface area contributed by atoms with Gasteiger partial charge in [0.15, 0.2) is 11.7 Å². The van der Waals surface area contributed by atoms with Gasteiger partial charge in [-0.3, -0.25) is 4.79 Å². The lowest BCUT2D eigenvalue weighted by Gasteiger charge is -2.29. The molecule has 1 N–H and O–H groups in total. The average molecular weight is 444 g/mol. The summed E-state index contributed by atoms with van der Waals surface area (Å²) in [7, 11) is 0. The van der Waals surface area contributed by atoms with Gasteiger partial charge in [-0.15, -0.1) is 0 Å². The molecule has 2 aromatic carbocycles. The van der Waals surface area contributed by atoms with Crippen LogP contribution in [0.5, 0.6) is 0 Å². The first-order chi connectivity index (χ1) is 15.9. The van der Waals surface area contributed by atoms with Gasteiger partial charge in [0.2, 0.25) is 5.91 Å². The van der Waals surface area contributed by atoms with Gasteiger partial charge in [0.1, 0.15) is 5.69 Å². The number of rotatable bonds is 10. The van der Waals surface area contributed by atoms with Crippen molar-refractivity contribution in [2.24, 2.45) is 11.8 Å². The number of fused-ring (bicyclic) bond motifs is 1. The van der Waals surface area contributed by atoms with Crippen LogP contribution in [0.1, 0.15) is 44.9 Å². The summed E-state index contributed by atoms with van der Waals surface area (Å²) >= 11 is 0. The van der Waals surface area contributed by atoms with Crippen molar-refractivity contribution >= 4 is 22.8 Å². The highest BCUT2D eigenvalue weighted by molar-refractivity contribution is 5.88. The number of para-hydroxylation sites is 2. The van der Waals surface area contributed by atoms with Gasteiger partial charge in [-0.25, -0.2) is 9.97 Å². The van der Waals surface area contributed by atoms with Crippen LogP contribution in [0.15, 0.2) is 54.6 Å². The summed E-state index contributed by atoms with van der Waals surface area (Å²) in [5, 5.41) is 12.9. The average Bonchev–Trinajstić information content (AvgIpc) is 2.79. The third-order valence-electron chi connectivity index (χ3n) is 5.27. The Balaban J connectivity index is 1.94. The van der Waals surface area contributed by atoms with E-state index >= 15 is 0 Å². The smallest absolute Gasteiger partial charge is 0.243 e. The molecule has 1 amide bonds. The molecule has 1 heterocycles. The lowest BCUT2D eigenvalue weighted by atomic mass is 10.0. The van der Waals surface area contributed by atoms with Gasteiger partial charge in [-0.1, -0.05) is 70.2 Å². The lowest BCUT2D eigenvalue weighted by molar-refractivity contribution is -0.121. The Morgan fingerprint density at radius 3 is 2.09 bits per heavy atom. The molecule has 0 unspecified atom stereocenters. The summed E-state index contributed by atoms with van der Waals surface area (Å²) < 4.78 is 0. The second-order valence-electron chi connectivity index (χ2n) is 9.20. The fourth-order valence-corrected chi connectivity index (χ4v) is 3.88. The second kappa shape index (κ2) is 11.4. The largest absolute Gasteiger partial charge is 0.355 e. The molecule has 3 aromatic rings. The molecule has 0 radical (unpaired) electrons. The van der Waals surface area contributed by atoms with Crippen LogP contribution in [0.2, 0.25) is 0 Å². The van der Waals surface area contributed by atoms with Crippen molar-refractivity contribution in [1.29, 1.82) is 5.26 Å². The maximum absolute atomic E-state index is 13.1. The monoisotopic (exact) mass is 443 g/mol. The van der Waals surface area contributed by atoms with Crippen molar-refractivity contribution < 1.29 is 4.79 Å². The first-order valence-corrected chi connectivity index (χ1v) is 11.6. The van der Waals surface area contributed by atoms with Gasteiger partial charge in [0.05, 0.1) is 17.1 Å². The molecule has 0 saturated heterocycles. The lowest BCUT2D eigenvalue weighted by Crippen LogP contribution is -2.36. The van der Waals surface area contributed by atoms with Crippen molar-refractivity contribution in [3.8, 4) is 6.07 Å². The molecule has 1 atom stereocenters. The Bertz CT molecular complexity index is 1090. The van der Waals surface area contributed by atoms with Crippen molar-refractivity contribution in [2.45, 2.75) is 40.0 Å². The van der Waals surface area contributed by atoms with E-state index in [1.165, 1.54) is 0 Å². The van der Waals surface area contributed by atoms with Crippen LogP contribution in [0, 0.1) is 23.2 Å². The molecule has 33 heavy (non-hydrogen) atoms. The number of amides is 1. The van der Waals surface area contributed by atoms with Crippen LogP contribution < -0.4 is 10.2 Å². The zero-order valence-corrected chi connectivity index (χ0v) is 20.0. The third-order valence-corrected chi connectivity index (χ3v) is 5.27. The number of nitriles is 1. The van der Waals surface area contributed by atoms with E-state index in [0.717, 1.165) is 24.2 Å². The molecule has 6 heteroatoms. The van der Waals surface area contributed by atoms with Gasteiger partial charge >= 0.3 is 0 Å². The molecule has 172 valence electrons. The summed E-state index contributed by atoms with van der Waals surface area (Å²) in [5.41, 5.74) is 3.00. The van der Waals surface area contributed by atoms with Crippen LogP contribution in [0.25, 0.3) is 11.0 Å². The molecule has 3 rings (SSSR count). The summed E-state index contributed by atoms with van der Waals surface area (Å²) in [5.74, 6) is 0.0408. The summed E-state index contributed by atoms with van der Waals surface area (Å²) in [6.07, 6.45) is 0.702. The number of benzene rings is 2. The minimum absolute atomic E-state index is 0.340. The minimum atomic E-state index is -1.03. The molecule has 0 bridgehead atoms. The van der Waals surface area contributed by atoms with Gasteiger partial charge in [0.25, 0.3) is 0 Å². The highest BCUT2D eigenvalue weighted by Gasteiger charge is 2.29. The molecule has 0 saturated carbocycles. The molecule has 1 aromatic heterocycles. The third kappa shape index (κ3) is 6.52. The maximum Gasteiger partial charge on any atom is 0.243 e. The first kappa shape index (κ1) is 24.2. The summed E-state index contributed by atoms with van der Waals surface area (Å²) in [6.45, 7) is 10.6. The number of carbonyl (C=O) groups excluding carboxylic acids is 1. The zero-order chi connectivity index (χ0) is 23.8. The molecular weight excluding hydrogens is 410 g/mol. The van der Waals surface area contributed by atoms with Crippen LogP contribution in [0.4, 0.5) is 5.82 Å². The van der Waals surface area contributed by atoms with Crippen molar-refractivity contribution in [1.82, 2.24) is 15.3 Å². The number of aromatic nitrogens is 2. The molecule has 0 aliphatic carbocycles. The number of nitrogens with one attached hydrogen (secondary N) is 1. The SMILES string of the molecule is CC(C)CN(CC(C)C)c1nc2ccccc2nc1[C@@H](C#N)C(=O)NCCc1ccccc1. The van der Waals surface area contributed by atoms with Crippen molar-refractivity contribution in [2.75, 3.05) is 24.5 Å². The van der Waals surface area contributed by atoms with Gasteiger partial charge in [-0.05, 0) is 36.0 Å². The summed E-state index contributed by atoms with van der Waals surface area (Å²) in [4.78, 5) is 24.9. The highest BCUT2D eigenvalue weighted by atomic mass is 16.1. The van der Waals surface area contributed by atoms with Crippen molar-refractivity contribution in [3.05, 3.63) is 65.9 Å². The predicted molar refractivity (Wildman–Crippen MR) is 133 cm³/mol. The van der Waals surface area contributed by atoms with E-state index in [1.54, 1.807) is 0 Å².